The second-order valence-electron chi connectivity index (χ2n) is 11.1. The molecule has 226 valence electrons. The summed E-state index contributed by atoms with van der Waals surface area (Å²) in [5.41, 5.74) is 10.6. The van der Waals surface area contributed by atoms with Gasteiger partial charge in [0.15, 0.2) is 5.82 Å². The molecule has 1 aliphatic heterocycles. The molecule has 3 aromatic carbocycles. The lowest BCUT2D eigenvalue weighted by Gasteiger charge is -2.32. The van der Waals surface area contributed by atoms with Gasteiger partial charge in [-0.25, -0.2) is 14.8 Å². The van der Waals surface area contributed by atoms with E-state index in [9.17, 15) is 24.0 Å². The Morgan fingerprint density at radius 3 is 2.56 bits per heavy atom. The maximum absolute atomic E-state index is 13.1. The number of amides is 2. The molecule has 2 aliphatic rings. The first kappa shape index (κ1) is 27.9. The summed E-state index contributed by atoms with van der Waals surface area (Å²) in [6.07, 6.45) is 3.27. The summed E-state index contributed by atoms with van der Waals surface area (Å²) < 4.78 is 4.59. The molecule has 45 heavy (non-hydrogen) atoms. The third-order valence-corrected chi connectivity index (χ3v) is 8.35. The molecule has 0 fully saturated rings. The Bertz CT molecular complexity index is 2130. The van der Waals surface area contributed by atoms with Gasteiger partial charge in [0.25, 0.3) is 22.7 Å². The number of aromatic amines is 1. The summed E-state index contributed by atoms with van der Waals surface area (Å²) in [5.74, 6) is -1.20. The fraction of sp³-hybridized carbons (Fsp3) is 0.226. The molecule has 2 aromatic heterocycles. The van der Waals surface area contributed by atoms with Crippen LogP contribution in [0.15, 0.2) is 67.7 Å². The van der Waals surface area contributed by atoms with Crippen LogP contribution in [-0.2, 0) is 25.9 Å². The zero-order valence-corrected chi connectivity index (χ0v) is 23.8. The van der Waals surface area contributed by atoms with Crippen LogP contribution >= 0.6 is 0 Å². The molecular weight excluding hydrogens is 580 g/mol. The van der Waals surface area contributed by atoms with Gasteiger partial charge in [-0.1, -0.05) is 35.5 Å². The van der Waals surface area contributed by atoms with Gasteiger partial charge >= 0.3 is 5.76 Å². The number of aryl methyl sites for hydroxylation is 1. The maximum atomic E-state index is 13.1. The third kappa shape index (κ3) is 5.15. The first-order chi connectivity index (χ1) is 21.7. The molecule has 0 radical (unpaired) electrons. The zero-order chi connectivity index (χ0) is 31.2. The highest BCUT2D eigenvalue weighted by molar-refractivity contribution is 5.97. The van der Waals surface area contributed by atoms with Crippen molar-refractivity contribution in [2.75, 3.05) is 17.2 Å². The van der Waals surface area contributed by atoms with Gasteiger partial charge in [0, 0.05) is 31.3 Å². The second-order valence-corrected chi connectivity index (χ2v) is 11.1. The van der Waals surface area contributed by atoms with Gasteiger partial charge in [0.1, 0.15) is 29.1 Å². The Kier molecular flexibility index (Phi) is 6.80. The fourth-order valence-electron chi connectivity index (χ4n) is 6.00. The minimum Gasteiger partial charge on any atom is -0.394 e. The molecule has 7 rings (SSSR count). The Labute approximate surface area is 254 Å². The number of hydrogen-bond donors (Lipinski definition) is 4. The van der Waals surface area contributed by atoms with E-state index in [1.54, 1.807) is 6.07 Å². The van der Waals surface area contributed by atoms with Crippen molar-refractivity contribution < 1.29 is 14.1 Å². The molecule has 0 saturated carbocycles. The van der Waals surface area contributed by atoms with Crippen molar-refractivity contribution in [2.24, 2.45) is 0 Å². The monoisotopic (exact) mass is 606 g/mol. The van der Waals surface area contributed by atoms with E-state index in [2.05, 4.69) is 35.3 Å². The van der Waals surface area contributed by atoms with Gasteiger partial charge in [-0.2, -0.15) is 0 Å². The predicted octanol–water partition coefficient (Wildman–Crippen LogP) is 0.908. The van der Waals surface area contributed by atoms with Crippen LogP contribution in [0.25, 0.3) is 11.4 Å². The van der Waals surface area contributed by atoms with E-state index in [4.69, 9.17) is 5.73 Å². The highest BCUT2D eigenvalue weighted by Gasteiger charge is 2.28. The molecule has 5 N–H and O–H groups in total. The Morgan fingerprint density at radius 2 is 1.78 bits per heavy atom. The molecule has 0 unspecified atom stereocenters. The summed E-state index contributed by atoms with van der Waals surface area (Å²) >= 11 is 0. The number of nitrogens with two attached hydrogens (primary N) is 1. The number of hydrogen-bond acceptors (Lipinski definition) is 11. The summed E-state index contributed by atoms with van der Waals surface area (Å²) in [5, 5.41) is 9.54. The summed E-state index contributed by atoms with van der Waals surface area (Å²) in [6.45, 7) is 1.23. The first-order valence-corrected chi connectivity index (χ1v) is 14.3. The molecule has 14 heteroatoms. The lowest BCUT2D eigenvalue weighted by atomic mass is 9.96. The smallest absolute Gasteiger partial charge is 0.394 e. The van der Waals surface area contributed by atoms with Crippen LogP contribution in [0.2, 0.25) is 0 Å². The second kappa shape index (κ2) is 11.0. The molecule has 0 spiro atoms. The summed E-state index contributed by atoms with van der Waals surface area (Å²) in [4.78, 5) is 73.4. The molecule has 5 aromatic rings. The van der Waals surface area contributed by atoms with Crippen LogP contribution in [0, 0.1) is 0 Å². The van der Waals surface area contributed by atoms with Crippen LogP contribution in [0.1, 0.15) is 61.3 Å². The van der Waals surface area contributed by atoms with Crippen molar-refractivity contribution in [3.05, 3.63) is 119 Å². The number of aromatic nitrogens is 4. The third-order valence-electron chi connectivity index (χ3n) is 8.35. The van der Waals surface area contributed by atoms with Gasteiger partial charge in [0.05, 0.1) is 6.04 Å². The first-order valence-electron chi connectivity index (χ1n) is 14.3. The van der Waals surface area contributed by atoms with Crippen molar-refractivity contribution in [2.45, 2.75) is 38.4 Å². The lowest BCUT2D eigenvalue weighted by molar-refractivity contribution is 0.0931. The molecule has 0 saturated heterocycles. The van der Waals surface area contributed by atoms with Crippen molar-refractivity contribution in [1.82, 2.24) is 30.7 Å². The standard InChI is InChI=1S/C31H26N8O6/c32-24-25(27(41)26(24)40)39-8-7-16-2-1-15(9-19(16)13-39)12-33-29(42)22-11-23(35-14-34-22)30(43)36-21-6-4-17-10-18(3-5-20(17)21)28-37-31(44)45-38-28/h1-3,5,9-11,14,21H,4,6-8,12-13,32H2,(H,33,42)(H,36,43)(H,37,38,44)/t21-/m0/s1. The van der Waals surface area contributed by atoms with Gasteiger partial charge in [-0.3, -0.25) is 28.7 Å². The van der Waals surface area contributed by atoms with Crippen molar-refractivity contribution in [3.63, 3.8) is 0 Å². The largest absolute Gasteiger partial charge is 0.439 e. The van der Waals surface area contributed by atoms with Gasteiger partial charge < -0.3 is 21.3 Å². The average molecular weight is 607 g/mol. The number of benzene rings is 2. The SMILES string of the molecule is Nc1c(N2CCc3ccc(CNC(=O)c4cc(C(=O)N[C@H]5CCc6cc(-c7noc(=O)[nH]7)ccc65)ncn4)cc3C2)c(=O)c1=O. The number of fused-ring (bicyclic) bond motifs is 2. The van der Waals surface area contributed by atoms with E-state index >= 15 is 0 Å². The number of nitrogens with zero attached hydrogens (tertiary/aromatic N) is 4. The van der Waals surface area contributed by atoms with Crippen LogP contribution < -0.4 is 37.9 Å². The van der Waals surface area contributed by atoms with Crippen molar-refractivity contribution in [1.29, 1.82) is 0 Å². The van der Waals surface area contributed by atoms with E-state index in [1.807, 2.05) is 35.2 Å². The quantitative estimate of drug-likeness (QED) is 0.192. The Morgan fingerprint density at radius 1 is 0.956 bits per heavy atom. The van der Waals surface area contributed by atoms with E-state index in [0.29, 0.717) is 37.3 Å². The molecule has 1 aliphatic carbocycles. The van der Waals surface area contributed by atoms with Crippen LogP contribution in [0.5, 0.6) is 0 Å². The van der Waals surface area contributed by atoms with Crippen molar-refractivity contribution in [3.8, 4) is 11.4 Å². The molecule has 2 amide bonds. The lowest BCUT2D eigenvalue weighted by Crippen LogP contribution is -2.44. The minimum absolute atomic E-state index is 0.00940. The summed E-state index contributed by atoms with van der Waals surface area (Å²) in [6, 6.07) is 12.6. The number of nitrogens with one attached hydrogen (secondary N) is 3. The number of anilines is 2. The van der Waals surface area contributed by atoms with E-state index < -0.39 is 28.4 Å². The minimum atomic E-state index is -0.639. The normalized spacial score (nSPS) is 15.5. The van der Waals surface area contributed by atoms with E-state index in [1.165, 1.54) is 12.4 Å². The van der Waals surface area contributed by atoms with Gasteiger partial charge in [-0.05, 0) is 53.1 Å². The number of nitrogen functional groups attached to an aromatic ring is 1. The predicted molar refractivity (Wildman–Crippen MR) is 161 cm³/mol. The zero-order valence-electron chi connectivity index (χ0n) is 23.8. The number of H-pyrrole nitrogens is 1. The average Bonchev–Trinajstić information content (AvgIpc) is 3.68. The highest BCUT2D eigenvalue weighted by Crippen LogP contribution is 2.33. The fourth-order valence-corrected chi connectivity index (χ4v) is 6.00. The topological polar surface area (TPSA) is 206 Å². The molecule has 1 atom stereocenters. The number of rotatable bonds is 7. The van der Waals surface area contributed by atoms with Crippen LogP contribution in [0.4, 0.5) is 11.4 Å². The maximum Gasteiger partial charge on any atom is 0.439 e. The summed E-state index contributed by atoms with van der Waals surface area (Å²) in [7, 11) is 0. The highest BCUT2D eigenvalue weighted by atomic mass is 16.5. The van der Waals surface area contributed by atoms with Crippen LogP contribution in [-0.4, -0.2) is 38.5 Å². The molecule has 14 nitrogen and oxygen atoms in total. The van der Waals surface area contributed by atoms with E-state index in [0.717, 1.165) is 34.2 Å². The number of carbonyl (C=O) groups is 2. The van der Waals surface area contributed by atoms with Gasteiger partial charge in [-0.15, -0.1) is 0 Å². The molecule has 3 heterocycles. The van der Waals surface area contributed by atoms with Crippen LogP contribution in [0.3, 0.4) is 0 Å². The molecular formula is C31H26N8O6. The number of carbonyl (C=O) groups excluding carboxylic acids is 2. The Hall–Kier alpha value is -5.92. The van der Waals surface area contributed by atoms with Gasteiger partial charge in [0.2, 0.25) is 0 Å². The van der Waals surface area contributed by atoms with Crippen molar-refractivity contribution >= 4 is 23.2 Å². The van der Waals surface area contributed by atoms with E-state index in [-0.39, 0.29) is 35.3 Å². The molecule has 0 bridgehead atoms. The Balaban J connectivity index is 0.984.